The van der Waals surface area contributed by atoms with Crippen molar-refractivity contribution in [2.24, 2.45) is 0 Å². The van der Waals surface area contributed by atoms with E-state index in [0.717, 1.165) is 30.7 Å². The van der Waals surface area contributed by atoms with Gasteiger partial charge in [-0.3, -0.25) is 5.32 Å². The summed E-state index contributed by atoms with van der Waals surface area (Å²) in [5.41, 5.74) is -0.0777. The zero-order chi connectivity index (χ0) is 16.3. The second kappa shape index (κ2) is 4.99. The molecule has 3 saturated heterocycles. The van der Waals surface area contributed by atoms with Crippen molar-refractivity contribution in [3.63, 3.8) is 0 Å². The maximum Gasteiger partial charge on any atom is 0.498 e. The molecule has 2 bridgehead atoms. The first-order chi connectivity index (χ1) is 10.8. The van der Waals surface area contributed by atoms with Crippen molar-refractivity contribution in [1.82, 2.24) is 15.3 Å². The summed E-state index contributed by atoms with van der Waals surface area (Å²) in [5, 5.41) is 3.62. The third-order valence-electron chi connectivity index (χ3n) is 5.69. The highest BCUT2D eigenvalue weighted by Gasteiger charge is 2.52. The van der Waals surface area contributed by atoms with E-state index < -0.39 is 7.12 Å². The summed E-state index contributed by atoms with van der Waals surface area (Å²) in [6, 6.07) is 0.426. The van der Waals surface area contributed by atoms with E-state index in [2.05, 4.69) is 15.3 Å². The van der Waals surface area contributed by atoms with Gasteiger partial charge in [0.25, 0.3) is 0 Å². The Morgan fingerprint density at radius 3 is 2.43 bits per heavy atom. The molecule has 0 amide bonds. The van der Waals surface area contributed by atoms with Crippen LogP contribution in [-0.4, -0.2) is 47.5 Å². The molecule has 1 aromatic rings. The molecule has 2 atom stereocenters. The van der Waals surface area contributed by atoms with E-state index in [0.29, 0.717) is 12.6 Å². The Hall–Kier alpha value is -1.02. The van der Waals surface area contributed by atoms with Gasteiger partial charge in [-0.1, -0.05) is 0 Å². The minimum absolute atomic E-state index is 0.225. The van der Waals surface area contributed by atoms with Gasteiger partial charge in [0.05, 0.1) is 24.4 Å². The SMILES string of the molecule is CC1(C)OB(c2cnc(C34CCC(COC3)N4)nc2)OC1(C)C. The van der Waals surface area contributed by atoms with Gasteiger partial charge in [-0.05, 0) is 40.5 Å². The standard InChI is InChI=1S/C16H24BN3O3/c1-14(2)15(3,4)23-17(22-14)11-7-18-13(19-8-11)16-6-5-12(20-16)9-21-10-16/h7-8,12,20H,5-6,9-10H2,1-4H3. The summed E-state index contributed by atoms with van der Waals surface area (Å²) in [6.07, 6.45) is 5.78. The van der Waals surface area contributed by atoms with Crippen molar-refractivity contribution in [1.29, 1.82) is 0 Å². The lowest BCUT2D eigenvalue weighted by molar-refractivity contribution is 0.00578. The van der Waals surface area contributed by atoms with Gasteiger partial charge in [0.2, 0.25) is 0 Å². The van der Waals surface area contributed by atoms with Gasteiger partial charge >= 0.3 is 7.12 Å². The van der Waals surface area contributed by atoms with Crippen LogP contribution in [0, 0.1) is 0 Å². The van der Waals surface area contributed by atoms with E-state index in [1.165, 1.54) is 0 Å². The highest BCUT2D eigenvalue weighted by molar-refractivity contribution is 6.61. The lowest BCUT2D eigenvalue weighted by Gasteiger charge is -2.33. The minimum atomic E-state index is -0.418. The predicted molar refractivity (Wildman–Crippen MR) is 86.4 cm³/mol. The predicted octanol–water partition coefficient (Wildman–Crippen LogP) is 0.753. The first kappa shape index (κ1) is 15.5. The van der Waals surface area contributed by atoms with Crippen LogP contribution in [-0.2, 0) is 19.6 Å². The highest BCUT2D eigenvalue weighted by atomic mass is 16.7. The highest BCUT2D eigenvalue weighted by Crippen LogP contribution is 2.37. The molecule has 2 unspecified atom stereocenters. The van der Waals surface area contributed by atoms with Crippen molar-refractivity contribution >= 4 is 12.6 Å². The number of nitrogens with zero attached hydrogens (tertiary/aromatic N) is 2. The Bertz CT molecular complexity index is 587. The number of aromatic nitrogens is 2. The van der Waals surface area contributed by atoms with Gasteiger partial charge in [-0.2, -0.15) is 0 Å². The Labute approximate surface area is 137 Å². The topological polar surface area (TPSA) is 65.5 Å². The second-order valence-corrected chi connectivity index (χ2v) is 7.91. The third kappa shape index (κ3) is 2.41. The van der Waals surface area contributed by atoms with Crippen LogP contribution < -0.4 is 10.8 Å². The fraction of sp³-hybridized carbons (Fsp3) is 0.750. The van der Waals surface area contributed by atoms with Gasteiger partial charge in [0, 0.05) is 23.9 Å². The lowest BCUT2D eigenvalue weighted by Crippen LogP contribution is -2.51. The van der Waals surface area contributed by atoms with E-state index in [4.69, 9.17) is 14.0 Å². The van der Waals surface area contributed by atoms with Gasteiger partial charge < -0.3 is 14.0 Å². The molecule has 0 radical (unpaired) electrons. The van der Waals surface area contributed by atoms with E-state index in [1.54, 1.807) is 0 Å². The Balaban J connectivity index is 1.55. The van der Waals surface area contributed by atoms with Crippen molar-refractivity contribution in [3.05, 3.63) is 18.2 Å². The molecule has 0 aliphatic carbocycles. The lowest BCUT2D eigenvalue weighted by atomic mass is 9.81. The molecule has 0 spiro atoms. The van der Waals surface area contributed by atoms with Gasteiger partial charge in [-0.15, -0.1) is 0 Å². The molecule has 7 heteroatoms. The Kier molecular flexibility index (Phi) is 3.36. The molecule has 1 aromatic heterocycles. The molecule has 6 nitrogen and oxygen atoms in total. The fourth-order valence-electron chi connectivity index (χ4n) is 3.50. The molecule has 124 valence electrons. The number of fused-ring (bicyclic) bond motifs is 2. The van der Waals surface area contributed by atoms with Crippen molar-refractivity contribution in [2.45, 2.75) is 63.3 Å². The molecular weight excluding hydrogens is 293 g/mol. The molecule has 3 aliphatic heterocycles. The van der Waals surface area contributed by atoms with E-state index in [-0.39, 0.29) is 16.7 Å². The maximum atomic E-state index is 6.05. The average Bonchev–Trinajstić information content (AvgIpc) is 2.93. The van der Waals surface area contributed by atoms with Gasteiger partial charge in [0.15, 0.2) is 5.82 Å². The summed E-state index contributed by atoms with van der Waals surface area (Å²) in [4.78, 5) is 9.20. The zero-order valence-corrected chi connectivity index (χ0v) is 14.3. The van der Waals surface area contributed by atoms with Crippen LogP contribution in [0.3, 0.4) is 0 Å². The number of hydrogen-bond acceptors (Lipinski definition) is 6. The van der Waals surface area contributed by atoms with E-state index in [9.17, 15) is 0 Å². The summed E-state index contributed by atoms with van der Waals surface area (Å²) in [5.74, 6) is 0.806. The van der Waals surface area contributed by atoms with Crippen LogP contribution in [0.1, 0.15) is 46.4 Å². The number of ether oxygens (including phenoxy) is 1. The zero-order valence-electron chi connectivity index (χ0n) is 14.3. The number of rotatable bonds is 2. The number of morpholine rings is 1. The molecular formula is C16H24BN3O3. The monoisotopic (exact) mass is 317 g/mol. The van der Waals surface area contributed by atoms with Crippen LogP contribution in [0.4, 0.5) is 0 Å². The molecule has 4 rings (SSSR count). The largest absolute Gasteiger partial charge is 0.498 e. The fourth-order valence-corrected chi connectivity index (χ4v) is 3.50. The quantitative estimate of drug-likeness (QED) is 0.812. The summed E-state index contributed by atoms with van der Waals surface area (Å²) < 4.78 is 17.8. The van der Waals surface area contributed by atoms with Crippen molar-refractivity contribution < 1.29 is 14.0 Å². The molecule has 4 heterocycles. The van der Waals surface area contributed by atoms with Crippen molar-refractivity contribution in [2.75, 3.05) is 13.2 Å². The van der Waals surface area contributed by atoms with Crippen LogP contribution in [0.15, 0.2) is 12.4 Å². The molecule has 0 saturated carbocycles. The van der Waals surface area contributed by atoms with Gasteiger partial charge in [-0.25, -0.2) is 9.97 Å². The summed E-state index contributed by atoms with van der Waals surface area (Å²) >= 11 is 0. The first-order valence-corrected chi connectivity index (χ1v) is 8.35. The smallest absolute Gasteiger partial charge is 0.399 e. The molecule has 1 N–H and O–H groups in total. The number of hydrogen-bond donors (Lipinski definition) is 1. The molecule has 3 aliphatic rings. The third-order valence-corrected chi connectivity index (χ3v) is 5.69. The average molecular weight is 317 g/mol. The second-order valence-electron chi connectivity index (χ2n) is 7.91. The maximum absolute atomic E-state index is 6.05. The Morgan fingerprint density at radius 2 is 1.78 bits per heavy atom. The Morgan fingerprint density at radius 1 is 1.13 bits per heavy atom. The summed E-state index contributed by atoms with van der Waals surface area (Å²) in [6.45, 7) is 9.60. The molecule has 23 heavy (non-hydrogen) atoms. The van der Waals surface area contributed by atoms with Gasteiger partial charge in [0.1, 0.15) is 5.54 Å². The van der Waals surface area contributed by atoms with Crippen LogP contribution in [0.5, 0.6) is 0 Å². The molecule has 3 fully saturated rings. The first-order valence-electron chi connectivity index (χ1n) is 8.35. The van der Waals surface area contributed by atoms with Crippen molar-refractivity contribution in [3.8, 4) is 0 Å². The number of nitrogens with one attached hydrogen (secondary N) is 1. The summed E-state index contributed by atoms with van der Waals surface area (Å²) in [7, 11) is -0.418. The minimum Gasteiger partial charge on any atom is -0.399 e. The van der Waals surface area contributed by atoms with E-state index >= 15 is 0 Å². The normalized spacial score (nSPS) is 34.8. The van der Waals surface area contributed by atoms with E-state index in [1.807, 2.05) is 40.1 Å². The molecule has 0 aromatic carbocycles. The van der Waals surface area contributed by atoms with Crippen LogP contribution >= 0.6 is 0 Å². The van der Waals surface area contributed by atoms with Crippen LogP contribution in [0.2, 0.25) is 0 Å². The van der Waals surface area contributed by atoms with Crippen LogP contribution in [0.25, 0.3) is 0 Å².